The average Bonchev–Trinajstić information content (AvgIpc) is 2.62. The third-order valence-corrected chi connectivity index (χ3v) is 3.29. The minimum Gasteiger partial charge on any atom is -0.457 e. The maximum atomic E-state index is 12.3. The van der Waals surface area contributed by atoms with Crippen LogP contribution in [0.5, 0.6) is 11.5 Å². The van der Waals surface area contributed by atoms with Crippen molar-refractivity contribution in [3.63, 3.8) is 0 Å². The summed E-state index contributed by atoms with van der Waals surface area (Å²) in [7, 11) is 1.64. The highest BCUT2D eigenvalue weighted by Gasteiger charge is 2.12. The molecule has 0 aliphatic carbocycles. The van der Waals surface area contributed by atoms with E-state index in [2.05, 4.69) is 5.32 Å². The smallest absolute Gasteiger partial charge is 0.255 e. The molecular weight excluding hydrogens is 306 g/mol. The molecule has 0 saturated carbocycles. The second-order valence-electron chi connectivity index (χ2n) is 5.13. The molecule has 24 heavy (non-hydrogen) atoms. The molecule has 0 radical (unpaired) electrons. The van der Waals surface area contributed by atoms with Gasteiger partial charge in [0.05, 0.1) is 18.8 Å². The van der Waals surface area contributed by atoms with Crippen LogP contribution in [0.3, 0.4) is 0 Å². The summed E-state index contributed by atoms with van der Waals surface area (Å²) in [6, 6.07) is 16.6. The Bertz CT molecular complexity index is 616. The van der Waals surface area contributed by atoms with Crippen molar-refractivity contribution in [3.05, 3.63) is 60.2 Å². The maximum Gasteiger partial charge on any atom is 0.255 e. The molecule has 0 bridgehead atoms. The number of rotatable bonds is 10. The second-order valence-corrected chi connectivity index (χ2v) is 5.13. The maximum absolute atomic E-state index is 12.3. The van der Waals surface area contributed by atoms with Gasteiger partial charge in [0.15, 0.2) is 0 Å². The molecule has 0 aromatic heterocycles. The van der Waals surface area contributed by atoms with E-state index < -0.39 is 0 Å². The summed E-state index contributed by atoms with van der Waals surface area (Å²) in [6.45, 7) is 2.28. The van der Waals surface area contributed by atoms with Gasteiger partial charge in [-0.3, -0.25) is 4.79 Å². The summed E-state index contributed by atoms with van der Waals surface area (Å²) >= 11 is 0. The quantitative estimate of drug-likeness (QED) is 0.680. The van der Waals surface area contributed by atoms with Crippen molar-refractivity contribution < 1.29 is 19.0 Å². The van der Waals surface area contributed by atoms with Crippen LogP contribution in [0.4, 0.5) is 0 Å². The third-order valence-electron chi connectivity index (χ3n) is 3.29. The van der Waals surface area contributed by atoms with Crippen molar-refractivity contribution in [2.24, 2.45) is 0 Å². The van der Waals surface area contributed by atoms with Crippen LogP contribution < -0.4 is 10.1 Å². The van der Waals surface area contributed by atoms with E-state index in [4.69, 9.17) is 14.2 Å². The van der Waals surface area contributed by atoms with Crippen molar-refractivity contribution in [1.82, 2.24) is 5.32 Å². The van der Waals surface area contributed by atoms with Crippen LogP contribution in [0.15, 0.2) is 54.6 Å². The van der Waals surface area contributed by atoms with E-state index in [-0.39, 0.29) is 5.91 Å². The van der Waals surface area contributed by atoms with E-state index in [1.165, 1.54) is 0 Å². The van der Waals surface area contributed by atoms with Gasteiger partial charge in [0.1, 0.15) is 11.5 Å². The van der Waals surface area contributed by atoms with Crippen LogP contribution in [0.1, 0.15) is 16.8 Å². The Morgan fingerprint density at radius 2 is 1.71 bits per heavy atom. The summed E-state index contributed by atoms with van der Waals surface area (Å²) in [4.78, 5) is 12.3. The Morgan fingerprint density at radius 3 is 2.50 bits per heavy atom. The van der Waals surface area contributed by atoms with Gasteiger partial charge < -0.3 is 19.5 Å². The first-order chi connectivity index (χ1) is 11.8. The topological polar surface area (TPSA) is 56.8 Å². The number of nitrogens with one attached hydrogen (secondary N) is 1. The lowest BCUT2D eigenvalue weighted by Crippen LogP contribution is -2.25. The van der Waals surface area contributed by atoms with Gasteiger partial charge in [-0.2, -0.15) is 0 Å². The number of methoxy groups -OCH3 is 1. The highest BCUT2D eigenvalue weighted by Crippen LogP contribution is 2.24. The highest BCUT2D eigenvalue weighted by atomic mass is 16.5. The Kier molecular flexibility index (Phi) is 7.80. The van der Waals surface area contributed by atoms with Crippen molar-refractivity contribution in [1.29, 1.82) is 0 Å². The largest absolute Gasteiger partial charge is 0.457 e. The monoisotopic (exact) mass is 329 g/mol. The van der Waals surface area contributed by atoms with Gasteiger partial charge in [-0.15, -0.1) is 0 Å². The van der Waals surface area contributed by atoms with Gasteiger partial charge in [0.25, 0.3) is 5.91 Å². The molecule has 0 unspecified atom stereocenters. The highest BCUT2D eigenvalue weighted by molar-refractivity contribution is 5.96. The molecule has 0 spiro atoms. The van der Waals surface area contributed by atoms with Crippen LogP contribution in [0, 0.1) is 0 Å². The molecule has 0 atom stereocenters. The zero-order valence-corrected chi connectivity index (χ0v) is 13.9. The fraction of sp³-hybridized carbons (Fsp3) is 0.316. The van der Waals surface area contributed by atoms with Gasteiger partial charge in [0.2, 0.25) is 0 Å². The molecule has 0 aliphatic heterocycles. The second kappa shape index (κ2) is 10.4. The summed E-state index contributed by atoms with van der Waals surface area (Å²) in [5, 5.41) is 2.89. The van der Waals surface area contributed by atoms with Crippen LogP contribution >= 0.6 is 0 Å². The van der Waals surface area contributed by atoms with Gasteiger partial charge >= 0.3 is 0 Å². The van der Waals surface area contributed by atoms with Crippen molar-refractivity contribution >= 4 is 5.91 Å². The average molecular weight is 329 g/mol. The number of hydrogen-bond donors (Lipinski definition) is 1. The van der Waals surface area contributed by atoms with E-state index in [9.17, 15) is 4.79 Å². The zero-order chi connectivity index (χ0) is 17.0. The molecule has 0 aliphatic rings. The standard InChI is InChI=1S/C19H23NO4/c1-22-14-15-23-13-7-12-20-19(21)17-10-5-6-11-18(17)24-16-8-3-2-4-9-16/h2-6,8-11H,7,12-15H2,1H3,(H,20,21). The van der Waals surface area contributed by atoms with E-state index in [0.717, 1.165) is 6.42 Å². The number of hydrogen-bond acceptors (Lipinski definition) is 4. The predicted octanol–water partition coefficient (Wildman–Crippen LogP) is 3.26. The van der Waals surface area contributed by atoms with Crippen molar-refractivity contribution in [2.45, 2.75) is 6.42 Å². The Labute approximate surface area is 142 Å². The van der Waals surface area contributed by atoms with E-state index in [1.807, 2.05) is 42.5 Å². The molecule has 1 N–H and O–H groups in total. The first-order valence-electron chi connectivity index (χ1n) is 7.98. The van der Waals surface area contributed by atoms with E-state index in [1.54, 1.807) is 19.2 Å². The van der Waals surface area contributed by atoms with Crippen molar-refractivity contribution in [3.8, 4) is 11.5 Å². The number of amides is 1. The predicted molar refractivity (Wildman–Crippen MR) is 92.6 cm³/mol. The Morgan fingerprint density at radius 1 is 0.958 bits per heavy atom. The molecule has 0 heterocycles. The molecule has 128 valence electrons. The zero-order valence-electron chi connectivity index (χ0n) is 13.9. The molecule has 0 saturated heterocycles. The lowest BCUT2D eigenvalue weighted by atomic mass is 10.2. The molecule has 1 amide bonds. The molecule has 0 fully saturated rings. The first-order valence-corrected chi connectivity index (χ1v) is 7.98. The van der Waals surface area contributed by atoms with Crippen LogP contribution in [-0.4, -0.2) is 39.4 Å². The molecule has 2 rings (SSSR count). The summed E-state index contributed by atoms with van der Waals surface area (Å²) < 4.78 is 16.1. The fourth-order valence-corrected chi connectivity index (χ4v) is 2.07. The minimum atomic E-state index is -0.154. The van der Waals surface area contributed by atoms with Gasteiger partial charge in [-0.05, 0) is 30.7 Å². The first kappa shape index (κ1) is 18.0. The normalized spacial score (nSPS) is 10.4. The Balaban J connectivity index is 1.83. The summed E-state index contributed by atoms with van der Waals surface area (Å²) in [5.74, 6) is 1.08. The van der Waals surface area contributed by atoms with Gasteiger partial charge in [-0.25, -0.2) is 0 Å². The van der Waals surface area contributed by atoms with E-state index >= 15 is 0 Å². The number of carbonyl (C=O) groups is 1. The van der Waals surface area contributed by atoms with Crippen LogP contribution in [0.25, 0.3) is 0 Å². The third kappa shape index (κ3) is 6.02. The summed E-state index contributed by atoms with van der Waals surface area (Å²) in [5.41, 5.74) is 0.515. The van der Waals surface area contributed by atoms with Gasteiger partial charge in [-0.1, -0.05) is 30.3 Å². The molecule has 2 aromatic carbocycles. The van der Waals surface area contributed by atoms with E-state index in [0.29, 0.717) is 43.4 Å². The Hall–Kier alpha value is -2.37. The SMILES string of the molecule is COCCOCCCNC(=O)c1ccccc1Oc1ccccc1. The van der Waals surface area contributed by atoms with Gasteiger partial charge in [0, 0.05) is 20.3 Å². The summed E-state index contributed by atoms with van der Waals surface area (Å²) in [6.07, 6.45) is 0.747. The number of carbonyl (C=O) groups excluding carboxylic acids is 1. The lowest BCUT2D eigenvalue weighted by molar-refractivity contribution is 0.0688. The lowest BCUT2D eigenvalue weighted by Gasteiger charge is -2.11. The number of para-hydroxylation sites is 2. The molecule has 5 nitrogen and oxygen atoms in total. The fourth-order valence-electron chi connectivity index (χ4n) is 2.07. The number of ether oxygens (including phenoxy) is 3. The molecular formula is C19H23NO4. The number of benzene rings is 2. The van der Waals surface area contributed by atoms with Crippen molar-refractivity contribution in [2.75, 3.05) is 33.5 Å². The molecule has 5 heteroatoms. The minimum absolute atomic E-state index is 0.154. The molecule has 2 aromatic rings. The van der Waals surface area contributed by atoms with Crippen LogP contribution in [0.2, 0.25) is 0 Å². The van der Waals surface area contributed by atoms with Crippen LogP contribution in [-0.2, 0) is 9.47 Å².